The first kappa shape index (κ1) is 19.8. The molecule has 2 heterocycles. The van der Waals surface area contributed by atoms with E-state index in [1.54, 1.807) is 6.20 Å². The van der Waals surface area contributed by atoms with Crippen molar-refractivity contribution in [3.8, 4) is 11.4 Å². The van der Waals surface area contributed by atoms with Crippen LogP contribution in [0.3, 0.4) is 0 Å². The van der Waals surface area contributed by atoms with Gasteiger partial charge in [0.25, 0.3) is 0 Å². The standard InChI is InChI=1S/C22H22N6OS/c1-16-3-7-18(8-4-16)21-25-26-22(30)28(21)14-11-20(29)24-19-9-5-17(6-10-19)15-27-13-2-12-23-27/h2-10,12-13H,11,14-15H2,1H3,(H,24,29)(H,26,30). The number of anilines is 1. The summed E-state index contributed by atoms with van der Waals surface area (Å²) in [5.41, 5.74) is 4.01. The molecular weight excluding hydrogens is 396 g/mol. The average molecular weight is 419 g/mol. The number of aromatic nitrogens is 5. The summed E-state index contributed by atoms with van der Waals surface area (Å²) in [7, 11) is 0. The predicted molar refractivity (Wildman–Crippen MR) is 119 cm³/mol. The monoisotopic (exact) mass is 418 g/mol. The van der Waals surface area contributed by atoms with Gasteiger partial charge in [-0.2, -0.15) is 10.2 Å². The summed E-state index contributed by atoms with van der Waals surface area (Å²) in [6.45, 7) is 3.18. The highest BCUT2D eigenvalue weighted by Crippen LogP contribution is 2.18. The Morgan fingerprint density at radius 3 is 2.60 bits per heavy atom. The molecule has 0 unspecified atom stereocenters. The maximum absolute atomic E-state index is 12.4. The van der Waals surface area contributed by atoms with Gasteiger partial charge in [0.1, 0.15) is 0 Å². The van der Waals surface area contributed by atoms with Gasteiger partial charge in [-0.15, -0.1) is 0 Å². The Balaban J connectivity index is 1.37. The number of aryl methyl sites for hydroxylation is 1. The Kier molecular flexibility index (Phi) is 5.85. The molecule has 0 fully saturated rings. The summed E-state index contributed by atoms with van der Waals surface area (Å²) in [4.78, 5) is 12.4. The van der Waals surface area contributed by atoms with Crippen LogP contribution in [-0.2, 0) is 17.9 Å². The van der Waals surface area contributed by atoms with Gasteiger partial charge in [0.2, 0.25) is 5.91 Å². The van der Waals surface area contributed by atoms with Crippen LogP contribution in [0.5, 0.6) is 0 Å². The molecule has 0 atom stereocenters. The molecule has 4 rings (SSSR count). The first-order chi connectivity index (χ1) is 14.6. The lowest BCUT2D eigenvalue weighted by Gasteiger charge is -2.09. The summed E-state index contributed by atoms with van der Waals surface area (Å²) in [5.74, 6) is 0.656. The van der Waals surface area contributed by atoms with E-state index < -0.39 is 0 Å². The number of aromatic amines is 1. The first-order valence-electron chi connectivity index (χ1n) is 9.67. The zero-order valence-electron chi connectivity index (χ0n) is 16.6. The van der Waals surface area contributed by atoms with E-state index in [4.69, 9.17) is 12.2 Å². The van der Waals surface area contributed by atoms with Crippen LogP contribution in [0.1, 0.15) is 17.5 Å². The maximum atomic E-state index is 12.4. The highest BCUT2D eigenvalue weighted by atomic mass is 32.1. The Morgan fingerprint density at radius 2 is 1.90 bits per heavy atom. The number of hydrogen-bond acceptors (Lipinski definition) is 4. The molecule has 0 spiro atoms. The third-order valence-corrected chi connectivity index (χ3v) is 5.08. The van der Waals surface area contributed by atoms with Gasteiger partial charge >= 0.3 is 0 Å². The Labute approximate surface area is 179 Å². The van der Waals surface area contributed by atoms with Gasteiger partial charge in [-0.3, -0.25) is 19.1 Å². The van der Waals surface area contributed by atoms with Gasteiger partial charge in [-0.25, -0.2) is 0 Å². The van der Waals surface area contributed by atoms with E-state index in [-0.39, 0.29) is 5.91 Å². The van der Waals surface area contributed by atoms with Crippen molar-refractivity contribution in [1.29, 1.82) is 0 Å². The largest absolute Gasteiger partial charge is 0.326 e. The fourth-order valence-electron chi connectivity index (χ4n) is 3.16. The Bertz CT molecular complexity index is 1170. The Hall–Kier alpha value is -3.52. The summed E-state index contributed by atoms with van der Waals surface area (Å²) >= 11 is 5.35. The molecule has 0 radical (unpaired) electrons. The third kappa shape index (κ3) is 4.72. The highest BCUT2D eigenvalue weighted by Gasteiger charge is 2.11. The van der Waals surface area contributed by atoms with Crippen molar-refractivity contribution in [2.45, 2.75) is 26.4 Å². The van der Waals surface area contributed by atoms with E-state index in [0.29, 0.717) is 24.3 Å². The zero-order valence-corrected chi connectivity index (χ0v) is 17.4. The topological polar surface area (TPSA) is 80.5 Å². The van der Waals surface area contributed by atoms with Crippen LogP contribution in [0.25, 0.3) is 11.4 Å². The fraction of sp³-hybridized carbons (Fsp3) is 0.182. The number of hydrogen-bond donors (Lipinski definition) is 2. The van der Waals surface area contributed by atoms with E-state index in [2.05, 4.69) is 20.6 Å². The van der Waals surface area contributed by atoms with Crippen molar-refractivity contribution in [2.24, 2.45) is 0 Å². The molecule has 0 aliphatic heterocycles. The molecule has 2 N–H and O–H groups in total. The number of benzene rings is 2. The van der Waals surface area contributed by atoms with Gasteiger partial charge < -0.3 is 5.32 Å². The molecular formula is C22H22N6OS. The van der Waals surface area contributed by atoms with E-state index in [0.717, 1.165) is 22.6 Å². The average Bonchev–Trinajstić information content (AvgIpc) is 3.38. The normalized spacial score (nSPS) is 10.8. The molecule has 8 heteroatoms. The van der Waals surface area contributed by atoms with E-state index in [1.807, 2.05) is 77.0 Å². The van der Waals surface area contributed by atoms with Crippen LogP contribution in [0.4, 0.5) is 5.69 Å². The lowest BCUT2D eigenvalue weighted by molar-refractivity contribution is -0.116. The molecule has 2 aromatic carbocycles. The molecule has 0 aliphatic carbocycles. The van der Waals surface area contributed by atoms with Crippen LogP contribution >= 0.6 is 12.2 Å². The number of amides is 1. The third-order valence-electron chi connectivity index (χ3n) is 4.77. The minimum Gasteiger partial charge on any atom is -0.326 e. The number of nitrogens with zero attached hydrogens (tertiary/aromatic N) is 4. The summed E-state index contributed by atoms with van der Waals surface area (Å²) in [6.07, 6.45) is 3.97. The summed E-state index contributed by atoms with van der Waals surface area (Å²) in [5, 5.41) is 14.3. The smallest absolute Gasteiger partial charge is 0.226 e. The van der Waals surface area contributed by atoms with Gasteiger partial charge in [0.15, 0.2) is 10.6 Å². The maximum Gasteiger partial charge on any atom is 0.226 e. The second-order valence-electron chi connectivity index (χ2n) is 7.07. The van der Waals surface area contributed by atoms with E-state index in [9.17, 15) is 4.79 Å². The summed E-state index contributed by atoms with van der Waals surface area (Å²) < 4.78 is 4.21. The Morgan fingerprint density at radius 1 is 1.13 bits per heavy atom. The first-order valence-corrected chi connectivity index (χ1v) is 10.1. The van der Waals surface area contributed by atoms with Crippen LogP contribution in [0.15, 0.2) is 67.0 Å². The van der Waals surface area contributed by atoms with Crippen LogP contribution in [0, 0.1) is 11.7 Å². The number of nitrogens with one attached hydrogen (secondary N) is 2. The molecule has 1 amide bonds. The van der Waals surface area contributed by atoms with Crippen molar-refractivity contribution < 1.29 is 4.79 Å². The van der Waals surface area contributed by atoms with Crippen molar-refractivity contribution in [1.82, 2.24) is 24.5 Å². The molecule has 0 saturated heterocycles. The number of carbonyl (C=O) groups excluding carboxylic acids is 1. The van der Waals surface area contributed by atoms with Gasteiger partial charge in [0.05, 0.1) is 6.54 Å². The highest BCUT2D eigenvalue weighted by molar-refractivity contribution is 7.71. The molecule has 2 aromatic heterocycles. The van der Waals surface area contributed by atoms with E-state index >= 15 is 0 Å². The molecule has 30 heavy (non-hydrogen) atoms. The van der Waals surface area contributed by atoms with Crippen molar-refractivity contribution in [3.05, 3.63) is 82.9 Å². The SMILES string of the molecule is Cc1ccc(-c2n[nH]c(=S)n2CCC(=O)Nc2ccc(Cn3cccn3)cc2)cc1. The van der Waals surface area contributed by atoms with Crippen molar-refractivity contribution >= 4 is 23.8 Å². The predicted octanol–water partition coefficient (Wildman–Crippen LogP) is 4.19. The molecule has 0 saturated carbocycles. The lowest BCUT2D eigenvalue weighted by atomic mass is 10.1. The van der Waals surface area contributed by atoms with Gasteiger partial charge in [-0.1, -0.05) is 42.0 Å². The molecule has 7 nitrogen and oxygen atoms in total. The van der Waals surface area contributed by atoms with Crippen molar-refractivity contribution in [2.75, 3.05) is 5.32 Å². The fourth-order valence-corrected chi connectivity index (χ4v) is 3.38. The second-order valence-corrected chi connectivity index (χ2v) is 7.46. The van der Waals surface area contributed by atoms with Crippen molar-refractivity contribution in [3.63, 3.8) is 0 Å². The molecule has 152 valence electrons. The lowest BCUT2D eigenvalue weighted by Crippen LogP contribution is -2.15. The van der Waals surface area contributed by atoms with Crippen LogP contribution in [-0.4, -0.2) is 30.5 Å². The van der Waals surface area contributed by atoms with Crippen LogP contribution < -0.4 is 5.32 Å². The molecule has 0 aliphatic rings. The van der Waals surface area contributed by atoms with E-state index in [1.165, 1.54) is 5.56 Å². The summed E-state index contributed by atoms with van der Waals surface area (Å²) in [6, 6.07) is 17.7. The van der Waals surface area contributed by atoms with Crippen LogP contribution in [0.2, 0.25) is 0 Å². The molecule has 4 aromatic rings. The van der Waals surface area contributed by atoms with Gasteiger partial charge in [0, 0.05) is 36.6 Å². The number of carbonyl (C=O) groups is 1. The number of H-pyrrole nitrogens is 1. The quantitative estimate of drug-likeness (QED) is 0.441. The van der Waals surface area contributed by atoms with Gasteiger partial charge in [-0.05, 0) is 42.9 Å². The second kappa shape index (κ2) is 8.87. The minimum absolute atomic E-state index is 0.0761. The number of rotatable bonds is 7. The zero-order chi connectivity index (χ0) is 20.9. The molecule has 0 bridgehead atoms. The minimum atomic E-state index is -0.0761.